The number of nitrogens with zero attached hydrogens (tertiary/aromatic N) is 3. The van der Waals surface area contributed by atoms with E-state index in [0.717, 1.165) is 12.2 Å². The second-order valence-corrected chi connectivity index (χ2v) is 5.78. The van der Waals surface area contributed by atoms with E-state index in [2.05, 4.69) is 49.2 Å². The van der Waals surface area contributed by atoms with Crippen molar-refractivity contribution in [2.24, 2.45) is 0 Å². The van der Waals surface area contributed by atoms with Gasteiger partial charge in [0.1, 0.15) is 0 Å². The number of hydrogen-bond acceptors (Lipinski definition) is 4. The van der Waals surface area contributed by atoms with Crippen molar-refractivity contribution in [1.29, 1.82) is 0 Å². The first-order chi connectivity index (χ1) is 9.95. The van der Waals surface area contributed by atoms with E-state index in [1.807, 2.05) is 23.9 Å². The highest BCUT2D eigenvalue weighted by Crippen LogP contribution is 2.21. The van der Waals surface area contributed by atoms with Gasteiger partial charge in [-0.25, -0.2) is 4.98 Å². The molecule has 0 aliphatic heterocycles. The molecule has 5 heteroatoms. The predicted octanol–water partition coefficient (Wildman–Crippen LogP) is 3.46. The van der Waals surface area contributed by atoms with Crippen LogP contribution in [0.3, 0.4) is 0 Å². The largest absolute Gasteiger partial charge is 0.436 e. The van der Waals surface area contributed by atoms with Gasteiger partial charge in [-0.15, -0.1) is 0 Å². The third-order valence-corrected chi connectivity index (χ3v) is 3.20. The van der Waals surface area contributed by atoms with Crippen LogP contribution in [0, 0.1) is 6.92 Å². The van der Waals surface area contributed by atoms with Crippen LogP contribution in [0.4, 0.5) is 0 Å². The quantitative estimate of drug-likeness (QED) is 0.884. The fourth-order valence-corrected chi connectivity index (χ4v) is 1.90. The van der Waals surface area contributed by atoms with E-state index in [9.17, 15) is 0 Å². The van der Waals surface area contributed by atoms with E-state index in [1.165, 1.54) is 5.56 Å². The van der Waals surface area contributed by atoms with E-state index in [1.54, 1.807) is 6.20 Å². The van der Waals surface area contributed by atoms with Crippen LogP contribution < -0.4 is 10.1 Å². The van der Waals surface area contributed by atoms with Gasteiger partial charge in [-0.1, -0.05) is 19.9 Å². The highest BCUT2D eigenvalue weighted by Gasteiger charge is 2.07. The average molecular weight is 288 g/mol. The third-order valence-electron chi connectivity index (χ3n) is 3.20. The SMILES string of the molecule is Cc1nc(Oc2cnn(C(C)C)c2)ccc1CNC(C)C. The molecule has 2 aromatic heterocycles. The van der Waals surface area contributed by atoms with Crippen molar-refractivity contribution in [2.75, 3.05) is 0 Å². The summed E-state index contributed by atoms with van der Waals surface area (Å²) in [6.45, 7) is 11.2. The molecule has 2 aromatic rings. The van der Waals surface area contributed by atoms with E-state index in [0.29, 0.717) is 23.7 Å². The lowest BCUT2D eigenvalue weighted by molar-refractivity contribution is 0.457. The second-order valence-electron chi connectivity index (χ2n) is 5.78. The molecule has 5 nitrogen and oxygen atoms in total. The average Bonchev–Trinajstić information content (AvgIpc) is 2.86. The molecule has 0 radical (unpaired) electrons. The Morgan fingerprint density at radius 1 is 1.24 bits per heavy atom. The van der Waals surface area contributed by atoms with Crippen LogP contribution >= 0.6 is 0 Å². The standard InChI is InChI=1S/C16H24N4O/c1-11(2)17-8-14-6-7-16(19-13(14)5)21-15-9-18-20(10-15)12(3)4/h6-7,9-12,17H,8H2,1-5H3. The van der Waals surface area contributed by atoms with Crippen molar-refractivity contribution in [1.82, 2.24) is 20.1 Å². The molecule has 21 heavy (non-hydrogen) atoms. The molecular weight excluding hydrogens is 264 g/mol. The van der Waals surface area contributed by atoms with Gasteiger partial charge < -0.3 is 10.1 Å². The first kappa shape index (κ1) is 15.5. The number of nitrogens with one attached hydrogen (secondary N) is 1. The minimum Gasteiger partial charge on any atom is -0.436 e. The Hall–Kier alpha value is -1.88. The summed E-state index contributed by atoms with van der Waals surface area (Å²) in [5, 5.41) is 7.65. The molecule has 0 spiro atoms. The molecule has 0 amide bonds. The molecule has 0 atom stereocenters. The first-order valence-electron chi connectivity index (χ1n) is 7.37. The van der Waals surface area contributed by atoms with Gasteiger partial charge in [0.25, 0.3) is 0 Å². The Morgan fingerprint density at radius 3 is 2.57 bits per heavy atom. The Kier molecular flexibility index (Phi) is 4.96. The zero-order valence-corrected chi connectivity index (χ0v) is 13.4. The van der Waals surface area contributed by atoms with Gasteiger partial charge in [0.15, 0.2) is 5.75 Å². The molecule has 0 saturated carbocycles. The maximum absolute atomic E-state index is 5.76. The molecule has 0 fully saturated rings. The van der Waals surface area contributed by atoms with Crippen LogP contribution in [-0.4, -0.2) is 20.8 Å². The van der Waals surface area contributed by atoms with Crippen molar-refractivity contribution >= 4 is 0 Å². The molecule has 114 valence electrons. The van der Waals surface area contributed by atoms with Gasteiger partial charge in [0.05, 0.1) is 12.4 Å². The first-order valence-corrected chi connectivity index (χ1v) is 7.37. The third kappa shape index (κ3) is 4.29. The molecule has 1 N–H and O–H groups in total. The maximum Gasteiger partial charge on any atom is 0.219 e. The molecule has 2 rings (SSSR count). The maximum atomic E-state index is 5.76. The predicted molar refractivity (Wildman–Crippen MR) is 83.6 cm³/mol. The summed E-state index contributed by atoms with van der Waals surface area (Å²) < 4.78 is 7.62. The van der Waals surface area contributed by atoms with Crippen LogP contribution in [-0.2, 0) is 6.54 Å². The van der Waals surface area contributed by atoms with Gasteiger partial charge in [-0.05, 0) is 26.3 Å². The normalized spacial score (nSPS) is 11.4. The molecule has 0 bridgehead atoms. The Labute approximate surface area is 126 Å². The molecule has 0 saturated heterocycles. The smallest absolute Gasteiger partial charge is 0.219 e. The zero-order valence-electron chi connectivity index (χ0n) is 13.4. The summed E-state index contributed by atoms with van der Waals surface area (Å²) in [6, 6.07) is 4.74. The van der Waals surface area contributed by atoms with Gasteiger partial charge in [-0.2, -0.15) is 5.10 Å². The highest BCUT2D eigenvalue weighted by atomic mass is 16.5. The number of pyridine rings is 1. The lowest BCUT2D eigenvalue weighted by atomic mass is 10.2. The number of ether oxygens (including phenoxy) is 1. The number of hydrogen-bond donors (Lipinski definition) is 1. The Morgan fingerprint density at radius 2 is 2.00 bits per heavy atom. The molecule has 2 heterocycles. The summed E-state index contributed by atoms with van der Waals surface area (Å²) in [4.78, 5) is 4.50. The summed E-state index contributed by atoms with van der Waals surface area (Å²) in [5.74, 6) is 1.31. The van der Waals surface area contributed by atoms with Crippen molar-refractivity contribution in [3.63, 3.8) is 0 Å². The summed E-state index contributed by atoms with van der Waals surface area (Å²) >= 11 is 0. The van der Waals surface area contributed by atoms with Gasteiger partial charge >= 0.3 is 0 Å². The molecule has 0 aliphatic carbocycles. The number of rotatable bonds is 6. The second kappa shape index (κ2) is 6.72. The molecule has 0 aromatic carbocycles. The highest BCUT2D eigenvalue weighted by molar-refractivity contribution is 5.28. The van der Waals surface area contributed by atoms with E-state index < -0.39 is 0 Å². The summed E-state index contributed by atoms with van der Waals surface area (Å²) in [5.41, 5.74) is 2.17. The van der Waals surface area contributed by atoms with Crippen LogP contribution in [0.15, 0.2) is 24.5 Å². The lowest BCUT2D eigenvalue weighted by Crippen LogP contribution is -2.22. The van der Waals surface area contributed by atoms with E-state index in [4.69, 9.17) is 4.74 Å². The minimum atomic E-state index is 0.321. The van der Waals surface area contributed by atoms with Crippen LogP contribution in [0.1, 0.15) is 45.0 Å². The topological polar surface area (TPSA) is 52.0 Å². The summed E-state index contributed by atoms with van der Waals surface area (Å²) in [6.07, 6.45) is 3.60. The fourth-order valence-electron chi connectivity index (χ4n) is 1.90. The van der Waals surface area contributed by atoms with E-state index in [-0.39, 0.29) is 0 Å². The molecular formula is C16H24N4O. The summed E-state index contributed by atoms with van der Waals surface area (Å²) in [7, 11) is 0. The number of aromatic nitrogens is 3. The van der Waals surface area contributed by atoms with Crippen LogP contribution in [0.2, 0.25) is 0 Å². The van der Waals surface area contributed by atoms with Crippen LogP contribution in [0.25, 0.3) is 0 Å². The van der Waals surface area contributed by atoms with Crippen LogP contribution in [0.5, 0.6) is 11.6 Å². The van der Waals surface area contributed by atoms with Crippen molar-refractivity contribution in [3.8, 4) is 11.6 Å². The van der Waals surface area contributed by atoms with Crippen molar-refractivity contribution < 1.29 is 4.74 Å². The number of aryl methyl sites for hydroxylation is 1. The van der Waals surface area contributed by atoms with E-state index >= 15 is 0 Å². The fraction of sp³-hybridized carbons (Fsp3) is 0.500. The van der Waals surface area contributed by atoms with Gasteiger partial charge in [-0.3, -0.25) is 4.68 Å². The lowest BCUT2D eigenvalue weighted by Gasteiger charge is -2.11. The molecule has 0 aliphatic rings. The monoisotopic (exact) mass is 288 g/mol. The van der Waals surface area contributed by atoms with Gasteiger partial charge in [0.2, 0.25) is 5.88 Å². The van der Waals surface area contributed by atoms with Crippen molar-refractivity contribution in [3.05, 3.63) is 35.8 Å². The zero-order chi connectivity index (χ0) is 15.4. The van der Waals surface area contributed by atoms with Gasteiger partial charge in [0, 0.05) is 30.4 Å². The molecule has 0 unspecified atom stereocenters. The Balaban J connectivity index is 2.05. The Bertz CT molecular complexity index is 590. The van der Waals surface area contributed by atoms with Crippen molar-refractivity contribution in [2.45, 2.75) is 53.2 Å². The minimum absolute atomic E-state index is 0.321.